The summed E-state index contributed by atoms with van der Waals surface area (Å²) in [4.78, 5) is 16.3. The smallest absolute Gasteiger partial charge is 0.337 e. The van der Waals surface area contributed by atoms with Crippen molar-refractivity contribution in [3.8, 4) is 27.6 Å². The third-order valence-electron chi connectivity index (χ3n) is 4.60. The number of ether oxygens (including phenoxy) is 1. The average Bonchev–Trinajstić information content (AvgIpc) is 3.34. The van der Waals surface area contributed by atoms with Gasteiger partial charge in [0.05, 0.1) is 24.1 Å². The quantitative estimate of drug-likeness (QED) is 0.515. The van der Waals surface area contributed by atoms with Gasteiger partial charge in [-0.3, -0.25) is 0 Å². The summed E-state index contributed by atoms with van der Waals surface area (Å²) in [6.07, 6.45) is 0. The monoisotopic (exact) mass is 405 g/mol. The average molecular weight is 405 g/mol. The van der Waals surface area contributed by atoms with Gasteiger partial charge in [-0.15, -0.1) is 16.4 Å². The molecule has 2 N–H and O–H groups in total. The van der Waals surface area contributed by atoms with Crippen molar-refractivity contribution >= 4 is 23.1 Å². The van der Waals surface area contributed by atoms with E-state index in [4.69, 9.17) is 15.5 Å². The second kappa shape index (κ2) is 7.48. The van der Waals surface area contributed by atoms with Crippen molar-refractivity contribution < 1.29 is 9.53 Å². The van der Waals surface area contributed by atoms with Crippen molar-refractivity contribution in [1.29, 1.82) is 0 Å². The zero-order chi connectivity index (χ0) is 20.5. The SMILES string of the molecule is COC(=O)c1ccc(-n2nnc(-c3nc(-c4ccc(C)cc4C)cs3)c2N)cc1. The Hall–Kier alpha value is -3.52. The number of aryl methyl sites for hydroxylation is 2. The summed E-state index contributed by atoms with van der Waals surface area (Å²) >= 11 is 1.47. The second-order valence-electron chi connectivity index (χ2n) is 6.63. The fourth-order valence-electron chi connectivity index (χ4n) is 3.10. The van der Waals surface area contributed by atoms with Crippen LogP contribution in [0, 0.1) is 13.8 Å². The molecule has 146 valence electrons. The van der Waals surface area contributed by atoms with Crippen LogP contribution in [0.5, 0.6) is 0 Å². The molecule has 7 nitrogen and oxygen atoms in total. The lowest BCUT2D eigenvalue weighted by molar-refractivity contribution is 0.0600. The standard InChI is InChI=1S/C21H19N5O2S/c1-12-4-9-16(13(2)10-12)17-11-29-20(23-17)18-19(22)26(25-24-18)15-7-5-14(6-8-15)21(27)28-3/h4-11H,22H2,1-3H3. The van der Waals surface area contributed by atoms with Gasteiger partial charge in [-0.1, -0.05) is 29.0 Å². The number of rotatable bonds is 4. The molecule has 0 amide bonds. The summed E-state index contributed by atoms with van der Waals surface area (Å²) in [6, 6.07) is 13.1. The Morgan fingerprint density at radius 1 is 1.14 bits per heavy atom. The molecule has 0 aliphatic heterocycles. The van der Waals surface area contributed by atoms with Gasteiger partial charge in [-0.05, 0) is 43.7 Å². The molecular formula is C21H19N5O2S. The Morgan fingerprint density at radius 3 is 2.59 bits per heavy atom. The maximum atomic E-state index is 11.6. The lowest BCUT2D eigenvalue weighted by Gasteiger charge is -2.04. The van der Waals surface area contributed by atoms with Crippen molar-refractivity contribution in [2.45, 2.75) is 13.8 Å². The van der Waals surface area contributed by atoms with Gasteiger partial charge in [0.15, 0.2) is 11.5 Å². The number of hydrogen-bond acceptors (Lipinski definition) is 7. The molecule has 0 bridgehead atoms. The lowest BCUT2D eigenvalue weighted by Crippen LogP contribution is -2.04. The molecule has 2 heterocycles. The molecular weight excluding hydrogens is 386 g/mol. The largest absolute Gasteiger partial charge is 0.465 e. The van der Waals surface area contributed by atoms with E-state index in [-0.39, 0.29) is 0 Å². The van der Waals surface area contributed by atoms with E-state index >= 15 is 0 Å². The maximum absolute atomic E-state index is 11.6. The van der Waals surface area contributed by atoms with Gasteiger partial charge in [-0.25, -0.2) is 9.78 Å². The van der Waals surface area contributed by atoms with Crippen LogP contribution in [-0.2, 0) is 4.74 Å². The van der Waals surface area contributed by atoms with Crippen LogP contribution in [0.2, 0.25) is 0 Å². The number of esters is 1. The van der Waals surface area contributed by atoms with E-state index in [0.29, 0.717) is 27.8 Å². The Balaban J connectivity index is 1.66. The fourth-order valence-corrected chi connectivity index (χ4v) is 3.91. The number of nitrogen functional groups attached to an aromatic ring is 1. The number of nitrogens with two attached hydrogens (primary N) is 1. The molecule has 0 aliphatic rings. The number of aromatic nitrogens is 4. The Bertz CT molecular complexity index is 1190. The van der Waals surface area contributed by atoms with Gasteiger partial charge in [-0.2, -0.15) is 4.68 Å². The maximum Gasteiger partial charge on any atom is 0.337 e. The van der Waals surface area contributed by atoms with Gasteiger partial charge >= 0.3 is 5.97 Å². The Kier molecular flexibility index (Phi) is 4.85. The van der Waals surface area contributed by atoms with Gasteiger partial charge in [0, 0.05) is 10.9 Å². The molecule has 0 unspecified atom stereocenters. The highest BCUT2D eigenvalue weighted by Crippen LogP contribution is 2.32. The molecule has 8 heteroatoms. The third-order valence-corrected chi connectivity index (χ3v) is 5.45. The summed E-state index contributed by atoms with van der Waals surface area (Å²) in [5, 5.41) is 11.1. The van der Waals surface area contributed by atoms with Crippen LogP contribution in [0.15, 0.2) is 47.8 Å². The van der Waals surface area contributed by atoms with E-state index in [0.717, 1.165) is 11.3 Å². The minimum atomic E-state index is -0.398. The summed E-state index contributed by atoms with van der Waals surface area (Å²) in [7, 11) is 1.35. The van der Waals surface area contributed by atoms with E-state index in [2.05, 4.69) is 42.4 Å². The molecule has 2 aromatic carbocycles. The van der Waals surface area contributed by atoms with Gasteiger partial charge in [0.1, 0.15) is 5.01 Å². The van der Waals surface area contributed by atoms with Crippen molar-refractivity contribution in [3.63, 3.8) is 0 Å². The van der Waals surface area contributed by atoms with Crippen LogP contribution >= 0.6 is 11.3 Å². The van der Waals surface area contributed by atoms with Crippen molar-refractivity contribution in [3.05, 3.63) is 64.5 Å². The van der Waals surface area contributed by atoms with Crippen LogP contribution in [0.25, 0.3) is 27.6 Å². The Morgan fingerprint density at radius 2 is 1.90 bits per heavy atom. The molecule has 0 saturated heterocycles. The van der Waals surface area contributed by atoms with Gasteiger partial charge in [0.25, 0.3) is 0 Å². The van der Waals surface area contributed by atoms with Gasteiger partial charge in [0.2, 0.25) is 0 Å². The predicted molar refractivity (Wildman–Crippen MR) is 113 cm³/mol. The minimum Gasteiger partial charge on any atom is -0.465 e. The van der Waals surface area contributed by atoms with E-state index in [9.17, 15) is 4.79 Å². The summed E-state index contributed by atoms with van der Waals surface area (Å²) in [5.74, 6) is -0.0112. The van der Waals surface area contributed by atoms with Crippen molar-refractivity contribution in [2.24, 2.45) is 0 Å². The lowest BCUT2D eigenvalue weighted by atomic mass is 10.0. The number of benzene rings is 2. The van der Waals surface area contributed by atoms with Crippen LogP contribution in [0.1, 0.15) is 21.5 Å². The molecule has 0 saturated carbocycles. The molecule has 29 heavy (non-hydrogen) atoms. The Labute approximate surface area is 171 Å². The molecule has 2 aromatic heterocycles. The molecule has 4 rings (SSSR count). The van der Waals surface area contributed by atoms with Gasteiger partial charge < -0.3 is 10.5 Å². The van der Waals surface area contributed by atoms with Crippen LogP contribution in [0.3, 0.4) is 0 Å². The van der Waals surface area contributed by atoms with E-state index in [1.54, 1.807) is 24.3 Å². The molecule has 0 atom stereocenters. The fraction of sp³-hybridized carbons (Fsp3) is 0.143. The number of anilines is 1. The molecule has 0 spiro atoms. The zero-order valence-corrected chi connectivity index (χ0v) is 17.0. The van der Waals surface area contributed by atoms with Crippen LogP contribution in [-0.4, -0.2) is 33.1 Å². The molecule has 4 aromatic rings. The number of methoxy groups -OCH3 is 1. The highest BCUT2D eigenvalue weighted by Gasteiger charge is 2.18. The first-order chi connectivity index (χ1) is 14.0. The van der Waals surface area contributed by atoms with E-state index in [1.165, 1.54) is 34.3 Å². The first-order valence-corrected chi connectivity index (χ1v) is 9.79. The molecule has 0 aliphatic carbocycles. The first-order valence-electron chi connectivity index (χ1n) is 8.91. The summed E-state index contributed by atoms with van der Waals surface area (Å²) < 4.78 is 6.24. The highest BCUT2D eigenvalue weighted by molar-refractivity contribution is 7.13. The topological polar surface area (TPSA) is 95.9 Å². The zero-order valence-electron chi connectivity index (χ0n) is 16.2. The first kappa shape index (κ1) is 18.8. The normalized spacial score (nSPS) is 10.9. The summed E-state index contributed by atoms with van der Waals surface area (Å²) in [6.45, 7) is 4.14. The van der Waals surface area contributed by atoms with Crippen LogP contribution < -0.4 is 5.73 Å². The number of carbonyl (C=O) groups excluding carboxylic acids is 1. The number of carbonyl (C=O) groups is 1. The van der Waals surface area contributed by atoms with E-state index < -0.39 is 5.97 Å². The predicted octanol–water partition coefficient (Wildman–Crippen LogP) is 4.04. The van der Waals surface area contributed by atoms with Crippen LogP contribution in [0.4, 0.5) is 5.82 Å². The summed E-state index contributed by atoms with van der Waals surface area (Å²) in [5.41, 5.74) is 12.3. The van der Waals surface area contributed by atoms with Crippen molar-refractivity contribution in [2.75, 3.05) is 12.8 Å². The third kappa shape index (κ3) is 3.50. The molecule has 0 radical (unpaired) electrons. The number of thiazole rings is 1. The minimum absolute atomic E-state index is 0.386. The number of nitrogens with zero attached hydrogens (tertiary/aromatic N) is 4. The van der Waals surface area contributed by atoms with Crippen molar-refractivity contribution in [1.82, 2.24) is 20.0 Å². The second-order valence-corrected chi connectivity index (χ2v) is 7.49. The molecule has 0 fully saturated rings. The highest BCUT2D eigenvalue weighted by atomic mass is 32.1. The van der Waals surface area contributed by atoms with E-state index in [1.807, 2.05) is 5.38 Å². The number of hydrogen-bond donors (Lipinski definition) is 1.